The summed E-state index contributed by atoms with van der Waals surface area (Å²) < 4.78 is 1.97. The van der Waals surface area contributed by atoms with Crippen LogP contribution in [0.1, 0.15) is 29.8 Å². The second-order valence-corrected chi connectivity index (χ2v) is 6.33. The standard InChI is InChI=1S/C18H23N3O2/c1-14-5-3-4-6-16(14)18(23)8-11-21(13-18)17(22)7-10-20-12-9-19-15(20)2/h3-6,9,12,23H,7-8,10-11,13H2,1-2H3/t18-/m0/s1. The molecule has 2 aromatic rings. The minimum absolute atomic E-state index is 0.0857. The minimum atomic E-state index is -0.925. The fraction of sp³-hybridized carbons (Fsp3) is 0.444. The van der Waals surface area contributed by atoms with Gasteiger partial charge < -0.3 is 14.6 Å². The number of hydrogen-bond acceptors (Lipinski definition) is 3. The van der Waals surface area contributed by atoms with E-state index in [0.29, 0.717) is 32.5 Å². The molecule has 1 aromatic carbocycles. The Hall–Kier alpha value is -2.14. The molecule has 0 bridgehead atoms. The number of β-amino-alcohol motifs (C(OH)–C–C–N with tert-alkyl or cyclic N) is 1. The van der Waals surface area contributed by atoms with Crippen LogP contribution in [0.4, 0.5) is 0 Å². The van der Waals surface area contributed by atoms with E-state index in [4.69, 9.17) is 0 Å². The summed E-state index contributed by atoms with van der Waals surface area (Å²) in [6.45, 7) is 5.53. The number of aliphatic hydroxyl groups is 1. The number of aromatic nitrogens is 2. The van der Waals surface area contributed by atoms with Gasteiger partial charge in [0.25, 0.3) is 0 Å². The van der Waals surface area contributed by atoms with Gasteiger partial charge in [0.1, 0.15) is 11.4 Å². The highest BCUT2D eigenvalue weighted by Crippen LogP contribution is 2.34. The van der Waals surface area contributed by atoms with Gasteiger partial charge in [-0.05, 0) is 31.4 Å². The molecular formula is C18H23N3O2. The van der Waals surface area contributed by atoms with Crippen LogP contribution in [0.15, 0.2) is 36.7 Å². The number of likely N-dealkylation sites (tertiary alicyclic amines) is 1. The lowest BCUT2D eigenvalue weighted by atomic mass is 9.89. The number of rotatable bonds is 4. The molecule has 0 radical (unpaired) electrons. The van der Waals surface area contributed by atoms with E-state index in [1.54, 1.807) is 11.1 Å². The van der Waals surface area contributed by atoms with Crippen LogP contribution in [0.2, 0.25) is 0 Å². The van der Waals surface area contributed by atoms with Crippen LogP contribution in [0.25, 0.3) is 0 Å². The van der Waals surface area contributed by atoms with E-state index in [2.05, 4.69) is 4.98 Å². The first-order valence-corrected chi connectivity index (χ1v) is 8.03. The lowest BCUT2D eigenvalue weighted by Crippen LogP contribution is -2.35. The summed E-state index contributed by atoms with van der Waals surface area (Å²) in [6.07, 6.45) is 4.65. The molecule has 2 heterocycles. The first-order chi connectivity index (χ1) is 11.0. The van der Waals surface area contributed by atoms with Crippen LogP contribution >= 0.6 is 0 Å². The second kappa shape index (κ2) is 6.16. The number of hydrogen-bond donors (Lipinski definition) is 1. The Morgan fingerprint density at radius 1 is 1.35 bits per heavy atom. The number of nitrogens with zero attached hydrogens (tertiary/aromatic N) is 3. The average molecular weight is 313 g/mol. The van der Waals surface area contributed by atoms with Gasteiger partial charge in [-0.3, -0.25) is 4.79 Å². The quantitative estimate of drug-likeness (QED) is 0.939. The molecule has 1 fully saturated rings. The zero-order valence-corrected chi connectivity index (χ0v) is 13.7. The third kappa shape index (κ3) is 3.15. The van der Waals surface area contributed by atoms with Crippen molar-refractivity contribution in [3.05, 3.63) is 53.6 Å². The van der Waals surface area contributed by atoms with E-state index >= 15 is 0 Å². The number of benzene rings is 1. The van der Waals surface area contributed by atoms with Crippen molar-refractivity contribution in [2.75, 3.05) is 13.1 Å². The highest BCUT2D eigenvalue weighted by atomic mass is 16.3. The van der Waals surface area contributed by atoms with E-state index in [1.165, 1.54) is 0 Å². The van der Waals surface area contributed by atoms with E-state index < -0.39 is 5.60 Å². The molecule has 0 aliphatic carbocycles. The summed E-state index contributed by atoms with van der Waals surface area (Å²) >= 11 is 0. The topological polar surface area (TPSA) is 58.4 Å². The van der Waals surface area contributed by atoms with Gasteiger partial charge >= 0.3 is 0 Å². The van der Waals surface area contributed by atoms with Crippen LogP contribution in [0.3, 0.4) is 0 Å². The maximum Gasteiger partial charge on any atom is 0.224 e. The van der Waals surface area contributed by atoms with E-state index in [9.17, 15) is 9.90 Å². The van der Waals surface area contributed by atoms with Crippen molar-refractivity contribution in [1.29, 1.82) is 0 Å². The van der Waals surface area contributed by atoms with E-state index in [1.807, 2.05) is 48.9 Å². The summed E-state index contributed by atoms with van der Waals surface area (Å²) in [7, 11) is 0. The number of aryl methyl sites for hydroxylation is 3. The summed E-state index contributed by atoms with van der Waals surface area (Å²) in [5.41, 5.74) is 1.07. The lowest BCUT2D eigenvalue weighted by Gasteiger charge is -2.25. The van der Waals surface area contributed by atoms with Crippen molar-refractivity contribution in [1.82, 2.24) is 14.5 Å². The number of carbonyl (C=O) groups is 1. The first kappa shape index (κ1) is 15.7. The highest BCUT2D eigenvalue weighted by molar-refractivity contribution is 5.76. The summed E-state index contributed by atoms with van der Waals surface area (Å²) in [6, 6.07) is 7.86. The third-order valence-corrected chi connectivity index (χ3v) is 4.74. The molecule has 3 rings (SSSR count). The fourth-order valence-electron chi connectivity index (χ4n) is 3.34. The van der Waals surface area contributed by atoms with Crippen LogP contribution in [0.5, 0.6) is 0 Å². The smallest absolute Gasteiger partial charge is 0.224 e. The Labute approximate surface area is 136 Å². The molecule has 0 unspecified atom stereocenters. The summed E-state index contributed by atoms with van der Waals surface area (Å²) in [5, 5.41) is 10.9. The van der Waals surface area contributed by atoms with Gasteiger partial charge in [-0.2, -0.15) is 0 Å². The Morgan fingerprint density at radius 3 is 2.83 bits per heavy atom. The molecular weight excluding hydrogens is 290 g/mol. The van der Waals surface area contributed by atoms with Crippen LogP contribution < -0.4 is 0 Å². The number of amides is 1. The molecule has 122 valence electrons. The summed E-state index contributed by atoms with van der Waals surface area (Å²) in [4.78, 5) is 18.4. The molecule has 1 N–H and O–H groups in total. The van der Waals surface area contributed by atoms with Crippen molar-refractivity contribution in [2.24, 2.45) is 0 Å². The van der Waals surface area contributed by atoms with Crippen LogP contribution in [0, 0.1) is 13.8 Å². The molecule has 0 saturated carbocycles. The minimum Gasteiger partial charge on any atom is -0.383 e. The van der Waals surface area contributed by atoms with Crippen molar-refractivity contribution in [3.63, 3.8) is 0 Å². The van der Waals surface area contributed by atoms with E-state index in [0.717, 1.165) is 17.0 Å². The molecule has 1 aliphatic rings. The first-order valence-electron chi connectivity index (χ1n) is 8.03. The van der Waals surface area contributed by atoms with Crippen LogP contribution in [-0.4, -0.2) is 38.6 Å². The van der Waals surface area contributed by atoms with Gasteiger partial charge in [-0.25, -0.2) is 4.98 Å². The molecule has 1 saturated heterocycles. The molecule has 1 aliphatic heterocycles. The zero-order valence-electron chi connectivity index (χ0n) is 13.7. The number of imidazole rings is 1. The van der Waals surface area contributed by atoms with Gasteiger partial charge in [0.2, 0.25) is 5.91 Å². The van der Waals surface area contributed by atoms with Gasteiger partial charge in [-0.1, -0.05) is 24.3 Å². The van der Waals surface area contributed by atoms with E-state index in [-0.39, 0.29) is 5.91 Å². The maximum atomic E-state index is 12.4. The molecule has 0 spiro atoms. The number of carbonyl (C=O) groups excluding carboxylic acids is 1. The third-order valence-electron chi connectivity index (χ3n) is 4.74. The normalized spacial score (nSPS) is 20.9. The molecule has 1 aromatic heterocycles. The van der Waals surface area contributed by atoms with Crippen molar-refractivity contribution < 1.29 is 9.90 Å². The average Bonchev–Trinajstić information content (AvgIpc) is 3.12. The molecule has 5 heteroatoms. The highest BCUT2D eigenvalue weighted by Gasteiger charge is 2.40. The monoisotopic (exact) mass is 313 g/mol. The van der Waals surface area contributed by atoms with Crippen molar-refractivity contribution in [3.8, 4) is 0 Å². The molecule has 1 amide bonds. The fourth-order valence-corrected chi connectivity index (χ4v) is 3.34. The Kier molecular flexibility index (Phi) is 4.22. The van der Waals surface area contributed by atoms with Gasteiger partial charge in [0.15, 0.2) is 0 Å². The SMILES string of the molecule is Cc1ccccc1[C@]1(O)CCN(C(=O)CCn2ccnc2C)C1. The predicted octanol–water partition coefficient (Wildman–Crippen LogP) is 2.01. The largest absolute Gasteiger partial charge is 0.383 e. The van der Waals surface area contributed by atoms with Gasteiger partial charge in [-0.15, -0.1) is 0 Å². The Morgan fingerprint density at radius 2 is 2.13 bits per heavy atom. The molecule has 23 heavy (non-hydrogen) atoms. The zero-order chi connectivity index (χ0) is 16.4. The predicted molar refractivity (Wildman–Crippen MR) is 87.9 cm³/mol. The second-order valence-electron chi connectivity index (χ2n) is 6.33. The summed E-state index contributed by atoms with van der Waals surface area (Å²) in [5.74, 6) is 0.998. The van der Waals surface area contributed by atoms with Gasteiger partial charge in [0, 0.05) is 31.9 Å². The maximum absolute atomic E-state index is 12.4. The molecule has 1 atom stereocenters. The Bertz CT molecular complexity index is 710. The lowest BCUT2D eigenvalue weighted by molar-refractivity contribution is -0.131. The molecule has 5 nitrogen and oxygen atoms in total. The van der Waals surface area contributed by atoms with Crippen molar-refractivity contribution in [2.45, 2.75) is 38.8 Å². The van der Waals surface area contributed by atoms with Crippen molar-refractivity contribution >= 4 is 5.91 Å². The van der Waals surface area contributed by atoms with Gasteiger partial charge in [0.05, 0.1) is 6.54 Å². The Balaban J connectivity index is 1.64. The van der Waals surface area contributed by atoms with Crippen LogP contribution in [-0.2, 0) is 16.9 Å².